The monoisotopic (exact) mass is 406 g/mol. The summed E-state index contributed by atoms with van der Waals surface area (Å²) in [6.07, 6.45) is 5.40. The molecule has 1 aliphatic heterocycles. The number of piperazine rings is 1. The third kappa shape index (κ3) is 4.46. The van der Waals surface area contributed by atoms with Crippen LogP contribution in [0.3, 0.4) is 0 Å². The van der Waals surface area contributed by atoms with E-state index in [0.717, 1.165) is 36.4 Å². The summed E-state index contributed by atoms with van der Waals surface area (Å²) in [5.74, 6) is 1.34. The van der Waals surface area contributed by atoms with Crippen molar-refractivity contribution in [3.05, 3.63) is 66.0 Å². The second-order valence-electron chi connectivity index (χ2n) is 7.25. The third-order valence-corrected chi connectivity index (χ3v) is 5.32. The highest BCUT2D eigenvalue weighted by Gasteiger charge is 2.20. The van der Waals surface area contributed by atoms with E-state index in [4.69, 9.17) is 9.47 Å². The molecule has 1 saturated heterocycles. The largest absolute Gasteiger partial charge is 0.493 e. The molecule has 0 aliphatic carbocycles. The van der Waals surface area contributed by atoms with Gasteiger partial charge in [0.2, 0.25) is 5.91 Å². The number of carbonyl (C=O) groups excluding carboxylic acids is 1. The SMILES string of the molecule is COc1ccc(/C=C/C(=O)N2CCN(Cc3cc4ccccn4n3)CC2)cc1OC. The van der Waals surface area contributed by atoms with Crippen LogP contribution in [0.4, 0.5) is 0 Å². The van der Waals surface area contributed by atoms with Gasteiger partial charge >= 0.3 is 0 Å². The molecule has 1 amide bonds. The van der Waals surface area contributed by atoms with E-state index in [1.165, 1.54) is 0 Å². The molecule has 0 atom stereocenters. The number of methoxy groups -OCH3 is 2. The van der Waals surface area contributed by atoms with Gasteiger partial charge in [-0.1, -0.05) is 12.1 Å². The molecule has 1 aliphatic rings. The number of hydrogen-bond acceptors (Lipinski definition) is 5. The molecular weight excluding hydrogens is 380 g/mol. The second-order valence-corrected chi connectivity index (χ2v) is 7.25. The summed E-state index contributed by atoms with van der Waals surface area (Å²) in [6, 6.07) is 13.8. The van der Waals surface area contributed by atoms with Crippen molar-refractivity contribution >= 4 is 17.5 Å². The van der Waals surface area contributed by atoms with Crippen LogP contribution in [0, 0.1) is 0 Å². The van der Waals surface area contributed by atoms with Crippen LogP contribution in [0.25, 0.3) is 11.6 Å². The molecule has 3 aromatic rings. The van der Waals surface area contributed by atoms with Gasteiger partial charge in [-0.05, 0) is 42.0 Å². The van der Waals surface area contributed by atoms with Crippen molar-refractivity contribution in [3.63, 3.8) is 0 Å². The van der Waals surface area contributed by atoms with E-state index in [1.807, 2.05) is 52.0 Å². The Morgan fingerprint density at radius 1 is 1.03 bits per heavy atom. The predicted molar refractivity (Wildman–Crippen MR) is 116 cm³/mol. The number of ether oxygens (including phenoxy) is 2. The van der Waals surface area contributed by atoms with Gasteiger partial charge in [0.15, 0.2) is 11.5 Å². The van der Waals surface area contributed by atoms with Crippen LogP contribution in [-0.4, -0.2) is 65.7 Å². The molecule has 0 bridgehead atoms. The fourth-order valence-corrected chi connectivity index (χ4v) is 3.65. The van der Waals surface area contributed by atoms with Gasteiger partial charge < -0.3 is 14.4 Å². The fourth-order valence-electron chi connectivity index (χ4n) is 3.65. The lowest BCUT2D eigenvalue weighted by Gasteiger charge is -2.33. The van der Waals surface area contributed by atoms with Gasteiger partial charge in [0.25, 0.3) is 0 Å². The van der Waals surface area contributed by atoms with E-state index in [9.17, 15) is 4.79 Å². The first kappa shape index (κ1) is 20.0. The smallest absolute Gasteiger partial charge is 0.246 e. The molecule has 7 heteroatoms. The van der Waals surface area contributed by atoms with Crippen molar-refractivity contribution in [1.82, 2.24) is 19.4 Å². The van der Waals surface area contributed by atoms with E-state index < -0.39 is 0 Å². The fraction of sp³-hybridized carbons (Fsp3) is 0.304. The molecular formula is C23H26N4O3. The first-order valence-electron chi connectivity index (χ1n) is 10.0. The Bertz CT molecular complexity index is 1020. The van der Waals surface area contributed by atoms with E-state index in [2.05, 4.69) is 22.1 Å². The lowest BCUT2D eigenvalue weighted by atomic mass is 10.2. The highest BCUT2D eigenvalue weighted by atomic mass is 16.5. The second kappa shape index (κ2) is 9.00. The number of carbonyl (C=O) groups is 1. The minimum Gasteiger partial charge on any atom is -0.493 e. The maximum atomic E-state index is 12.6. The first-order valence-corrected chi connectivity index (χ1v) is 10.0. The standard InChI is InChI=1S/C23H26N4O3/c1-29-21-8-6-18(15-22(21)30-2)7-9-23(28)26-13-11-25(12-14-26)17-19-16-20-5-3-4-10-27(20)24-19/h3-10,15-16H,11-14,17H2,1-2H3/b9-7+. The van der Waals surface area contributed by atoms with Crippen molar-refractivity contribution < 1.29 is 14.3 Å². The summed E-state index contributed by atoms with van der Waals surface area (Å²) in [4.78, 5) is 16.8. The van der Waals surface area contributed by atoms with Crippen LogP contribution >= 0.6 is 0 Å². The van der Waals surface area contributed by atoms with Gasteiger partial charge in [-0.15, -0.1) is 0 Å². The number of aromatic nitrogens is 2. The minimum absolute atomic E-state index is 0.0252. The van der Waals surface area contributed by atoms with Crippen LogP contribution in [0.15, 0.2) is 54.7 Å². The highest BCUT2D eigenvalue weighted by molar-refractivity contribution is 5.92. The maximum absolute atomic E-state index is 12.6. The summed E-state index contributed by atoms with van der Waals surface area (Å²) in [6.45, 7) is 3.89. The van der Waals surface area contributed by atoms with Gasteiger partial charge in [-0.3, -0.25) is 9.69 Å². The number of fused-ring (bicyclic) bond motifs is 1. The van der Waals surface area contributed by atoms with Gasteiger partial charge in [-0.25, -0.2) is 4.52 Å². The van der Waals surface area contributed by atoms with Crippen LogP contribution in [-0.2, 0) is 11.3 Å². The van der Waals surface area contributed by atoms with Crippen molar-refractivity contribution in [3.8, 4) is 11.5 Å². The van der Waals surface area contributed by atoms with Crippen molar-refractivity contribution in [1.29, 1.82) is 0 Å². The van der Waals surface area contributed by atoms with Crippen molar-refractivity contribution in [2.24, 2.45) is 0 Å². The molecule has 4 rings (SSSR count). The topological polar surface area (TPSA) is 59.3 Å². The summed E-state index contributed by atoms with van der Waals surface area (Å²) in [5.41, 5.74) is 3.04. The Labute approximate surface area is 176 Å². The average molecular weight is 406 g/mol. The molecule has 7 nitrogen and oxygen atoms in total. The highest BCUT2D eigenvalue weighted by Crippen LogP contribution is 2.28. The molecule has 1 aromatic carbocycles. The van der Waals surface area contributed by atoms with E-state index >= 15 is 0 Å². The molecule has 0 saturated carbocycles. The molecule has 156 valence electrons. The normalized spacial score (nSPS) is 15.1. The molecule has 3 heterocycles. The van der Waals surface area contributed by atoms with Gasteiger partial charge in [-0.2, -0.15) is 5.10 Å². The lowest BCUT2D eigenvalue weighted by Crippen LogP contribution is -2.47. The summed E-state index contributed by atoms with van der Waals surface area (Å²) in [7, 11) is 3.20. The number of amides is 1. The zero-order chi connectivity index (χ0) is 20.9. The number of rotatable bonds is 6. The molecule has 2 aromatic heterocycles. The van der Waals surface area contributed by atoms with Crippen LogP contribution in [0.2, 0.25) is 0 Å². The van der Waals surface area contributed by atoms with Gasteiger partial charge in [0.1, 0.15) is 0 Å². The Morgan fingerprint density at radius 3 is 2.57 bits per heavy atom. The maximum Gasteiger partial charge on any atom is 0.246 e. The first-order chi connectivity index (χ1) is 14.7. The van der Waals surface area contributed by atoms with Crippen molar-refractivity contribution in [2.45, 2.75) is 6.54 Å². The van der Waals surface area contributed by atoms with Gasteiger partial charge in [0, 0.05) is 45.0 Å². The zero-order valence-electron chi connectivity index (χ0n) is 17.3. The number of benzene rings is 1. The molecule has 0 N–H and O–H groups in total. The van der Waals surface area contributed by atoms with E-state index in [-0.39, 0.29) is 5.91 Å². The Morgan fingerprint density at radius 2 is 1.83 bits per heavy atom. The van der Waals surface area contributed by atoms with Gasteiger partial charge in [0.05, 0.1) is 25.4 Å². The van der Waals surface area contributed by atoms with E-state index in [0.29, 0.717) is 24.6 Å². The Kier molecular flexibility index (Phi) is 5.99. The van der Waals surface area contributed by atoms with E-state index in [1.54, 1.807) is 20.3 Å². The third-order valence-electron chi connectivity index (χ3n) is 5.32. The van der Waals surface area contributed by atoms with Crippen LogP contribution in [0.1, 0.15) is 11.3 Å². The van der Waals surface area contributed by atoms with Crippen molar-refractivity contribution in [2.75, 3.05) is 40.4 Å². The lowest BCUT2D eigenvalue weighted by molar-refractivity contribution is -0.127. The average Bonchev–Trinajstić information content (AvgIpc) is 3.20. The molecule has 0 unspecified atom stereocenters. The van der Waals surface area contributed by atoms with Crippen LogP contribution < -0.4 is 9.47 Å². The number of hydrogen-bond donors (Lipinski definition) is 0. The summed E-state index contributed by atoms with van der Waals surface area (Å²) in [5, 5.41) is 4.61. The number of nitrogens with zero attached hydrogens (tertiary/aromatic N) is 4. The molecule has 0 spiro atoms. The number of pyridine rings is 1. The summed E-state index contributed by atoms with van der Waals surface area (Å²) < 4.78 is 12.5. The molecule has 1 fully saturated rings. The Hall–Kier alpha value is -3.32. The van der Waals surface area contributed by atoms with Crippen LogP contribution in [0.5, 0.6) is 11.5 Å². The summed E-state index contributed by atoms with van der Waals surface area (Å²) >= 11 is 0. The quantitative estimate of drug-likeness (QED) is 0.589. The molecule has 30 heavy (non-hydrogen) atoms. The predicted octanol–water partition coefficient (Wildman–Crippen LogP) is 2.71. The zero-order valence-corrected chi connectivity index (χ0v) is 17.3. The molecule has 0 radical (unpaired) electrons. The Balaban J connectivity index is 1.31. The minimum atomic E-state index is 0.0252.